The molecular weight excluding hydrogens is 315 g/mol. The quantitative estimate of drug-likeness (QED) is 0.886. The summed E-state index contributed by atoms with van der Waals surface area (Å²) in [5.74, 6) is 1.34. The Morgan fingerprint density at radius 3 is 2.54 bits per heavy atom. The maximum absolute atomic E-state index is 13.0. The van der Waals surface area contributed by atoms with Crippen LogP contribution in [-0.4, -0.2) is 22.6 Å². The number of nitrogens with zero attached hydrogens (tertiary/aromatic N) is 2. The standard InChI is InChI=1S/C18H22F3N3/c1-12(2)24-11-16(23-17(24)13-6-8-22-9-7-13)14-4-3-5-15(10-14)18(19,20)21/h3-5,10-13,22H,6-9H2,1-2H3. The summed E-state index contributed by atoms with van der Waals surface area (Å²) >= 11 is 0. The summed E-state index contributed by atoms with van der Waals surface area (Å²) in [6.07, 6.45) is -0.441. The van der Waals surface area contributed by atoms with E-state index < -0.39 is 11.7 Å². The molecule has 0 radical (unpaired) electrons. The molecule has 0 bridgehead atoms. The fourth-order valence-electron chi connectivity index (χ4n) is 3.20. The monoisotopic (exact) mass is 337 g/mol. The second-order valence-electron chi connectivity index (χ2n) is 6.59. The van der Waals surface area contributed by atoms with Gasteiger partial charge < -0.3 is 9.88 Å². The van der Waals surface area contributed by atoms with Crippen LogP contribution in [0.2, 0.25) is 0 Å². The van der Waals surface area contributed by atoms with Crippen molar-refractivity contribution >= 4 is 0 Å². The first-order valence-corrected chi connectivity index (χ1v) is 8.33. The van der Waals surface area contributed by atoms with Gasteiger partial charge in [-0.15, -0.1) is 0 Å². The molecule has 1 fully saturated rings. The van der Waals surface area contributed by atoms with Crippen molar-refractivity contribution in [2.75, 3.05) is 13.1 Å². The molecule has 0 atom stereocenters. The largest absolute Gasteiger partial charge is 0.416 e. The first-order chi connectivity index (χ1) is 11.4. The van der Waals surface area contributed by atoms with Crippen molar-refractivity contribution in [2.24, 2.45) is 0 Å². The average molecular weight is 337 g/mol. The van der Waals surface area contributed by atoms with Crippen molar-refractivity contribution in [3.05, 3.63) is 41.9 Å². The highest BCUT2D eigenvalue weighted by Crippen LogP contribution is 2.34. The Kier molecular flexibility index (Phi) is 4.67. The highest BCUT2D eigenvalue weighted by atomic mass is 19.4. The van der Waals surface area contributed by atoms with Gasteiger partial charge in [-0.1, -0.05) is 12.1 Å². The lowest BCUT2D eigenvalue weighted by atomic mass is 9.97. The number of halogens is 3. The molecule has 1 aliphatic heterocycles. The molecule has 6 heteroatoms. The van der Waals surface area contributed by atoms with Crippen LogP contribution in [0.4, 0.5) is 13.2 Å². The Labute approximate surface area is 139 Å². The van der Waals surface area contributed by atoms with Crippen LogP contribution in [0.5, 0.6) is 0 Å². The normalized spacial score (nSPS) is 16.8. The van der Waals surface area contributed by atoms with Gasteiger partial charge >= 0.3 is 6.18 Å². The van der Waals surface area contributed by atoms with Gasteiger partial charge in [0, 0.05) is 23.7 Å². The summed E-state index contributed by atoms with van der Waals surface area (Å²) in [5.41, 5.74) is 0.491. The molecule has 0 spiro atoms. The lowest BCUT2D eigenvalue weighted by Gasteiger charge is -2.24. The smallest absolute Gasteiger partial charge is 0.332 e. The van der Waals surface area contributed by atoms with E-state index in [9.17, 15) is 13.2 Å². The summed E-state index contributed by atoms with van der Waals surface area (Å²) in [7, 11) is 0. The van der Waals surface area contributed by atoms with E-state index in [1.54, 1.807) is 6.07 Å². The van der Waals surface area contributed by atoms with Crippen molar-refractivity contribution < 1.29 is 13.2 Å². The van der Waals surface area contributed by atoms with Gasteiger partial charge in [0.05, 0.1) is 11.3 Å². The van der Waals surface area contributed by atoms with Gasteiger partial charge in [-0.25, -0.2) is 4.98 Å². The maximum Gasteiger partial charge on any atom is 0.416 e. The number of hydrogen-bond donors (Lipinski definition) is 1. The minimum atomic E-state index is -4.34. The van der Waals surface area contributed by atoms with Crippen LogP contribution in [0.3, 0.4) is 0 Å². The third-order valence-corrected chi connectivity index (χ3v) is 4.51. The predicted molar refractivity (Wildman–Crippen MR) is 87.9 cm³/mol. The fourth-order valence-corrected chi connectivity index (χ4v) is 3.20. The molecule has 1 aromatic carbocycles. The van der Waals surface area contributed by atoms with Gasteiger partial charge in [-0.3, -0.25) is 0 Å². The van der Waals surface area contributed by atoms with Crippen molar-refractivity contribution in [3.63, 3.8) is 0 Å². The second-order valence-corrected chi connectivity index (χ2v) is 6.59. The molecule has 0 saturated carbocycles. The van der Waals surface area contributed by atoms with Crippen molar-refractivity contribution in [1.82, 2.24) is 14.9 Å². The lowest BCUT2D eigenvalue weighted by molar-refractivity contribution is -0.137. The highest BCUT2D eigenvalue weighted by molar-refractivity contribution is 5.60. The SMILES string of the molecule is CC(C)n1cc(-c2cccc(C(F)(F)F)c2)nc1C1CCNCC1. The van der Waals surface area contributed by atoms with Crippen molar-refractivity contribution in [1.29, 1.82) is 0 Å². The summed E-state index contributed by atoms with van der Waals surface area (Å²) in [5, 5.41) is 3.33. The minimum Gasteiger partial charge on any atom is -0.332 e. The number of aromatic nitrogens is 2. The fraction of sp³-hybridized carbons (Fsp3) is 0.500. The molecule has 0 aliphatic carbocycles. The van der Waals surface area contributed by atoms with Crippen LogP contribution >= 0.6 is 0 Å². The molecule has 24 heavy (non-hydrogen) atoms. The Morgan fingerprint density at radius 2 is 1.92 bits per heavy atom. The number of piperidine rings is 1. The van der Waals surface area contributed by atoms with Crippen LogP contribution in [0.1, 0.15) is 50.0 Å². The van der Waals surface area contributed by atoms with Crippen LogP contribution in [0, 0.1) is 0 Å². The topological polar surface area (TPSA) is 29.9 Å². The maximum atomic E-state index is 13.0. The van der Waals surface area contributed by atoms with E-state index in [1.807, 2.05) is 6.20 Å². The van der Waals surface area contributed by atoms with E-state index >= 15 is 0 Å². The Bertz CT molecular complexity index is 698. The van der Waals surface area contributed by atoms with Crippen LogP contribution < -0.4 is 5.32 Å². The van der Waals surface area contributed by atoms with Crippen LogP contribution in [0.15, 0.2) is 30.5 Å². The average Bonchev–Trinajstić information content (AvgIpc) is 3.01. The molecule has 1 aromatic heterocycles. The Morgan fingerprint density at radius 1 is 1.21 bits per heavy atom. The zero-order valence-electron chi connectivity index (χ0n) is 13.9. The lowest BCUT2D eigenvalue weighted by Crippen LogP contribution is -2.28. The molecular formula is C18H22F3N3. The molecule has 130 valence electrons. The van der Waals surface area contributed by atoms with Gasteiger partial charge in [-0.05, 0) is 51.9 Å². The molecule has 2 aromatic rings. The minimum absolute atomic E-state index is 0.224. The van der Waals surface area contributed by atoms with E-state index in [4.69, 9.17) is 4.98 Å². The summed E-state index contributed by atoms with van der Waals surface area (Å²) in [6.45, 7) is 6.05. The zero-order chi connectivity index (χ0) is 17.3. The molecule has 0 amide bonds. The van der Waals surface area contributed by atoms with Gasteiger partial charge in [0.15, 0.2) is 0 Å². The third kappa shape index (κ3) is 3.48. The van der Waals surface area contributed by atoms with Gasteiger partial charge in [0.25, 0.3) is 0 Å². The number of imidazole rings is 1. The number of benzene rings is 1. The van der Waals surface area contributed by atoms with Crippen LogP contribution in [-0.2, 0) is 6.18 Å². The summed E-state index contributed by atoms with van der Waals surface area (Å²) in [4.78, 5) is 4.72. The molecule has 1 saturated heterocycles. The zero-order valence-corrected chi connectivity index (χ0v) is 13.9. The van der Waals surface area contributed by atoms with Crippen molar-refractivity contribution in [2.45, 2.75) is 44.8 Å². The predicted octanol–water partition coefficient (Wildman–Crippen LogP) is 4.62. The third-order valence-electron chi connectivity index (χ3n) is 4.51. The van der Waals surface area contributed by atoms with E-state index in [0.29, 0.717) is 17.2 Å². The van der Waals surface area contributed by atoms with Gasteiger partial charge in [0.1, 0.15) is 5.82 Å². The van der Waals surface area contributed by atoms with E-state index in [-0.39, 0.29) is 6.04 Å². The van der Waals surface area contributed by atoms with Crippen molar-refractivity contribution in [3.8, 4) is 11.3 Å². The summed E-state index contributed by atoms with van der Waals surface area (Å²) in [6, 6.07) is 5.63. The van der Waals surface area contributed by atoms with Crippen LogP contribution in [0.25, 0.3) is 11.3 Å². The molecule has 1 N–H and O–H groups in total. The molecule has 0 unspecified atom stereocenters. The van der Waals surface area contributed by atoms with E-state index in [0.717, 1.165) is 37.8 Å². The van der Waals surface area contributed by atoms with E-state index in [1.165, 1.54) is 12.1 Å². The number of alkyl halides is 3. The molecule has 3 nitrogen and oxygen atoms in total. The highest BCUT2D eigenvalue weighted by Gasteiger charge is 2.31. The number of hydrogen-bond acceptors (Lipinski definition) is 2. The Hall–Kier alpha value is -1.82. The molecule has 2 heterocycles. The molecule has 1 aliphatic rings. The van der Waals surface area contributed by atoms with E-state index in [2.05, 4.69) is 23.7 Å². The number of nitrogens with one attached hydrogen (secondary N) is 1. The number of rotatable bonds is 3. The summed E-state index contributed by atoms with van der Waals surface area (Å²) < 4.78 is 41.0. The van der Waals surface area contributed by atoms with Gasteiger partial charge in [-0.2, -0.15) is 13.2 Å². The second kappa shape index (κ2) is 6.59. The van der Waals surface area contributed by atoms with Gasteiger partial charge in [0.2, 0.25) is 0 Å². The first kappa shape index (κ1) is 17.0. The molecule has 3 rings (SSSR count). The Balaban J connectivity index is 2.00. The first-order valence-electron chi connectivity index (χ1n) is 8.33.